The fourth-order valence-electron chi connectivity index (χ4n) is 3.90. The quantitative estimate of drug-likeness (QED) is 0.436. The molecule has 8 nitrogen and oxygen atoms in total. The van der Waals surface area contributed by atoms with Crippen molar-refractivity contribution >= 4 is 38.7 Å². The molecule has 0 saturated carbocycles. The molecule has 1 amide bonds. The van der Waals surface area contributed by atoms with Gasteiger partial charge in [-0.2, -0.15) is 0 Å². The molecule has 1 aliphatic heterocycles. The van der Waals surface area contributed by atoms with Gasteiger partial charge in [0.2, 0.25) is 10.0 Å². The van der Waals surface area contributed by atoms with Crippen molar-refractivity contribution in [3.8, 4) is 5.75 Å². The van der Waals surface area contributed by atoms with Gasteiger partial charge in [-0.3, -0.25) is 9.52 Å². The topological polar surface area (TPSA) is 123 Å². The van der Waals surface area contributed by atoms with Crippen LogP contribution in [0.25, 0.3) is 0 Å². The summed E-state index contributed by atoms with van der Waals surface area (Å²) >= 11 is 0. The molecule has 0 atom stereocenters. The fraction of sp³-hybridized carbons (Fsp3) is 0.174. The molecule has 0 radical (unpaired) electrons. The average molecular weight is 453 g/mol. The van der Waals surface area contributed by atoms with Gasteiger partial charge in [-0.15, -0.1) is 0 Å². The van der Waals surface area contributed by atoms with Crippen LogP contribution >= 0.6 is 0 Å². The number of sulfonamides is 1. The lowest BCUT2D eigenvalue weighted by Crippen LogP contribution is -2.50. The number of anilines is 4. The summed E-state index contributed by atoms with van der Waals surface area (Å²) in [5, 5.41) is 6.66. The van der Waals surface area contributed by atoms with Crippen molar-refractivity contribution < 1.29 is 17.9 Å². The van der Waals surface area contributed by atoms with Crippen LogP contribution in [0.4, 0.5) is 22.7 Å². The Morgan fingerprint density at radius 1 is 1.03 bits per heavy atom. The van der Waals surface area contributed by atoms with E-state index in [1.165, 1.54) is 7.11 Å². The SMILES string of the molecule is CCS(=O)(=O)Nc1ccc(NC2(C(N)=O)c3ccccc3Nc3ccccc32)c(OC)c1. The zero-order valence-electron chi connectivity index (χ0n) is 17.7. The Bertz CT molecular complexity index is 1250. The first kappa shape index (κ1) is 21.5. The number of hydrogen-bond donors (Lipinski definition) is 4. The van der Waals surface area contributed by atoms with E-state index in [-0.39, 0.29) is 5.75 Å². The number of hydrogen-bond acceptors (Lipinski definition) is 6. The smallest absolute Gasteiger partial charge is 0.252 e. The molecule has 0 fully saturated rings. The molecular formula is C23H24N4O4S. The number of primary amides is 1. The number of methoxy groups -OCH3 is 1. The molecule has 1 heterocycles. The molecule has 0 spiro atoms. The Labute approximate surface area is 186 Å². The second-order valence-electron chi connectivity index (χ2n) is 7.38. The van der Waals surface area contributed by atoms with E-state index >= 15 is 0 Å². The lowest BCUT2D eigenvalue weighted by molar-refractivity contribution is -0.121. The summed E-state index contributed by atoms with van der Waals surface area (Å²) in [5.41, 5.74) is 8.35. The van der Waals surface area contributed by atoms with Gasteiger partial charge >= 0.3 is 0 Å². The van der Waals surface area contributed by atoms with Gasteiger partial charge in [0.05, 0.1) is 24.2 Å². The number of rotatable bonds is 7. The highest BCUT2D eigenvalue weighted by Crippen LogP contribution is 2.47. The maximum Gasteiger partial charge on any atom is 0.252 e. The normalized spacial score (nSPS) is 13.8. The lowest BCUT2D eigenvalue weighted by Gasteiger charge is -2.40. The zero-order valence-corrected chi connectivity index (χ0v) is 18.5. The van der Waals surface area contributed by atoms with Crippen LogP contribution in [0.15, 0.2) is 66.7 Å². The number of fused-ring (bicyclic) bond motifs is 2. The van der Waals surface area contributed by atoms with Gasteiger partial charge in [-0.25, -0.2) is 8.42 Å². The Balaban J connectivity index is 1.86. The number of carbonyl (C=O) groups excluding carboxylic acids is 1. The van der Waals surface area contributed by atoms with E-state index in [1.807, 2.05) is 48.5 Å². The second kappa shape index (κ2) is 8.08. The third-order valence-corrected chi connectivity index (χ3v) is 6.78. The summed E-state index contributed by atoms with van der Waals surface area (Å²) in [6.45, 7) is 1.55. The first-order chi connectivity index (χ1) is 15.3. The third-order valence-electron chi connectivity index (χ3n) is 5.48. The molecule has 32 heavy (non-hydrogen) atoms. The predicted octanol–water partition coefficient (Wildman–Crippen LogP) is 3.35. The molecule has 3 aromatic rings. The molecular weight excluding hydrogens is 428 g/mol. The van der Waals surface area contributed by atoms with Crippen molar-refractivity contribution in [2.24, 2.45) is 5.73 Å². The number of ether oxygens (including phenoxy) is 1. The van der Waals surface area contributed by atoms with Gasteiger partial charge in [0.25, 0.3) is 5.91 Å². The van der Waals surface area contributed by atoms with Gasteiger partial charge in [-0.05, 0) is 31.2 Å². The van der Waals surface area contributed by atoms with Crippen molar-refractivity contribution in [1.29, 1.82) is 0 Å². The van der Waals surface area contributed by atoms with Crippen molar-refractivity contribution in [2.45, 2.75) is 12.5 Å². The third kappa shape index (κ3) is 3.60. The maximum absolute atomic E-state index is 13.1. The first-order valence-corrected chi connectivity index (χ1v) is 11.7. The molecule has 3 aromatic carbocycles. The maximum atomic E-state index is 13.1. The molecule has 0 aromatic heterocycles. The molecule has 0 unspecified atom stereocenters. The highest BCUT2D eigenvalue weighted by Gasteiger charge is 2.46. The number of nitrogens with two attached hydrogens (primary N) is 1. The van der Waals surface area contributed by atoms with Crippen LogP contribution < -0.4 is 25.8 Å². The number of para-hydroxylation sites is 2. The molecule has 0 saturated heterocycles. The Morgan fingerprint density at radius 3 is 2.16 bits per heavy atom. The number of benzene rings is 3. The van der Waals surface area contributed by atoms with Crippen LogP contribution in [-0.4, -0.2) is 27.2 Å². The minimum atomic E-state index is -3.45. The van der Waals surface area contributed by atoms with Crippen LogP contribution in [0.1, 0.15) is 18.1 Å². The predicted molar refractivity (Wildman–Crippen MR) is 126 cm³/mol. The monoisotopic (exact) mass is 452 g/mol. The van der Waals surface area contributed by atoms with E-state index in [4.69, 9.17) is 10.5 Å². The molecule has 166 valence electrons. The molecule has 9 heteroatoms. The standard InChI is InChI=1S/C23H24N4O4S/c1-3-32(29,30)27-15-12-13-20(21(14-15)31-2)26-23(22(24)28)16-8-4-6-10-18(16)25-19-11-7-5-9-17(19)23/h4-14,25-27H,3H2,1-2H3,(H2,24,28). The highest BCUT2D eigenvalue weighted by molar-refractivity contribution is 7.92. The summed E-state index contributed by atoms with van der Waals surface area (Å²) in [7, 11) is -1.98. The van der Waals surface area contributed by atoms with Crippen LogP contribution in [-0.2, 0) is 20.4 Å². The summed E-state index contributed by atoms with van der Waals surface area (Å²) in [6, 6.07) is 19.7. The van der Waals surface area contributed by atoms with E-state index in [1.54, 1.807) is 25.1 Å². The average Bonchev–Trinajstić information content (AvgIpc) is 2.79. The number of amides is 1. The molecule has 1 aliphatic rings. The van der Waals surface area contributed by atoms with Gasteiger partial charge < -0.3 is 21.1 Å². The zero-order chi connectivity index (χ0) is 22.9. The summed E-state index contributed by atoms with van der Waals surface area (Å²) in [6.07, 6.45) is 0. The van der Waals surface area contributed by atoms with Gasteiger partial charge in [0.1, 0.15) is 5.75 Å². The number of nitrogens with one attached hydrogen (secondary N) is 3. The van der Waals surface area contributed by atoms with E-state index < -0.39 is 21.5 Å². The molecule has 0 bridgehead atoms. The largest absolute Gasteiger partial charge is 0.495 e. The Hall–Kier alpha value is -3.72. The summed E-state index contributed by atoms with van der Waals surface area (Å²) < 4.78 is 31.9. The molecule has 5 N–H and O–H groups in total. The lowest BCUT2D eigenvalue weighted by atomic mass is 9.77. The van der Waals surface area contributed by atoms with Crippen LogP contribution in [0.5, 0.6) is 5.75 Å². The van der Waals surface area contributed by atoms with E-state index in [2.05, 4.69) is 15.4 Å². The fourth-order valence-corrected chi connectivity index (χ4v) is 4.53. The van der Waals surface area contributed by atoms with Gasteiger partial charge in [-0.1, -0.05) is 36.4 Å². The van der Waals surface area contributed by atoms with Crippen molar-refractivity contribution in [3.63, 3.8) is 0 Å². The van der Waals surface area contributed by atoms with Gasteiger partial charge in [0, 0.05) is 28.6 Å². The van der Waals surface area contributed by atoms with Crippen molar-refractivity contribution in [1.82, 2.24) is 0 Å². The first-order valence-electron chi connectivity index (χ1n) is 10.0. The van der Waals surface area contributed by atoms with Crippen molar-refractivity contribution in [3.05, 3.63) is 77.9 Å². The van der Waals surface area contributed by atoms with Crippen molar-refractivity contribution in [2.75, 3.05) is 28.2 Å². The van der Waals surface area contributed by atoms with E-state index in [0.29, 0.717) is 28.3 Å². The van der Waals surface area contributed by atoms with Gasteiger partial charge in [0.15, 0.2) is 5.54 Å². The number of carbonyl (C=O) groups is 1. The van der Waals surface area contributed by atoms with Crippen LogP contribution in [0.2, 0.25) is 0 Å². The highest BCUT2D eigenvalue weighted by atomic mass is 32.2. The van der Waals surface area contributed by atoms with E-state index in [0.717, 1.165) is 11.4 Å². The summed E-state index contributed by atoms with van der Waals surface area (Å²) in [5.74, 6) is -0.284. The second-order valence-corrected chi connectivity index (χ2v) is 9.39. The van der Waals surface area contributed by atoms with E-state index in [9.17, 15) is 13.2 Å². The molecule has 4 rings (SSSR count). The minimum Gasteiger partial charge on any atom is -0.495 e. The Morgan fingerprint density at radius 2 is 1.62 bits per heavy atom. The minimum absolute atomic E-state index is 0.0549. The van der Waals surface area contributed by atoms with Crippen LogP contribution in [0.3, 0.4) is 0 Å². The molecule has 0 aliphatic carbocycles. The Kier molecular flexibility index (Phi) is 5.43. The van der Waals surface area contributed by atoms with Crippen LogP contribution in [0, 0.1) is 0 Å². The summed E-state index contributed by atoms with van der Waals surface area (Å²) in [4.78, 5) is 13.1.